The van der Waals surface area contributed by atoms with Crippen LogP contribution in [0.25, 0.3) is 0 Å². The van der Waals surface area contributed by atoms with Crippen LogP contribution in [0.2, 0.25) is 5.02 Å². The summed E-state index contributed by atoms with van der Waals surface area (Å²) < 4.78 is 5.14. The first-order valence-corrected chi connectivity index (χ1v) is 10.1. The number of amides is 2. The lowest BCUT2D eigenvalue weighted by Crippen LogP contribution is -2.50. The fourth-order valence-corrected chi connectivity index (χ4v) is 3.53. The van der Waals surface area contributed by atoms with Gasteiger partial charge in [-0.15, -0.1) is 0 Å². The molecule has 1 aliphatic heterocycles. The van der Waals surface area contributed by atoms with Crippen molar-refractivity contribution in [2.75, 3.05) is 43.5 Å². The zero-order valence-electron chi connectivity index (χ0n) is 16.9. The Bertz CT molecular complexity index is 875. The molecular weight excluding hydrogens is 390 g/mol. The Morgan fingerprint density at radius 3 is 2.28 bits per heavy atom. The summed E-state index contributed by atoms with van der Waals surface area (Å²) in [6, 6.07) is 12.4. The van der Waals surface area contributed by atoms with Gasteiger partial charge in [0.05, 0.1) is 18.5 Å². The van der Waals surface area contributed by atoms with Crippen molar-refractivity contribution < 1.29 is 14.3 Å². The number of hydrogen-bond donors (Lipinski definition) is 1. The predicted octanol–water partition coefficient (Wildman–Crippen LogP) is 3.91. The van der Waals surface area contributed by atoms with Crippen LogP contribution in [-0.4, -0.2) is 50.0 Å². The molecule has 1 aliphatic rings. The Hall–Kier alpha value is -2.73. The van der Waals surface area contributed by atoms with Gasteiger partial charge in [-0.1, -0.05) is 25.4 Å². The SMILES string of the molecule is COc1ccc(C(=O)Nc2cc(Cl)ccc2N2CCN(C(=O)C(C)C)CC2)cc1. The van der Waals surface area contributed by atoms with Crippen molar-refractivity contribution in [1.29, 1.82) is 0 Å². The molecule has 154 valence electrons. The topological polar surface area (TPSA) is 61.9 Å². The summed E-state index contributed by atoms with van der Waals surface area (Å²) in [5.74, 6) is 0.647. The number of nitrogens with one attached hydrogen (secondary N) is 1. The van der Waals surface area contributed by atoms with E-state index in [2.05, 4.69) is 10.2 Å². The lowest BCUT2D eigenvalue weighted by atomic mass is 10.1. The molecule has 1 saturated heterocycles. The quantitative estimate of drug-likeness (QED) is 0.804. The number of halogens is 1. The first kappa shape index (κ1) is 21.0. The number of rotatable bonds is 5. The molecule has 2 aromatic carbocycles. The van der Waals surface area contributed by atoms with Gasteiger partial charge in [0.25, 0.3) is 5.91 Å². The number of piperazine rings is 1. The van der Waals surface area contributed by atoms with Crippen LogP contribution >= 0.6 is 11.6 Å². The second-order valence-corrected chi connectivity index (χ2v) is 7.75. The molecule has 1 fully saturated rings. The first-order chi connectivity index (χ1) is 13.9. The molecule has 0 aromatic heterocycles. The predicted molar refractivity (Wildman–Crippen MR) is 116 cm³/mol. The van der Waals surface area contributed by atoms with Gasteiger partial charge in [0.1, 0.15) is 5.75 Å². The Kier molecular flexibility index (Phi) is 6.64. The molecule has 3 rings (SSSR count). The van der Waals surface area contributed by atoms with Crippen molar-refractivity contribution in [3.05, 3.63) is 53.1 Å². The highest BCUT2D eigenvalue weighted by Gasteiger charge is 2.24. The van der Waals surface area contributed by atoms with Gasteiger partial charge in [0.15, 0.2) is 0 Å². The molecule has 0 unspecified atom stereocenters. The third-order valence-corrected chi connectivity index (χ3v) is 5.22. The minimum atomic E-state index is -0.218. The van der Waals surface area contributed by atoms with Gasteiger partial charge < -0.3 is 19.9 Å². The van der Waals surface area contributed by atoms with E-state index in [0.717, 1.165) is 5.69 Å². The second-order valence-electron chi connectivity index (χ2n) is 7.31. The molecule has 1 N–H and O–H groups in total. The highest BCUT2D eigenvalue weighted by atomic mass is 35.5. The molecule has 7 heteroatoms. The van der Waals surface area contributed by atoms with Crippen molar-refractivity contribution in [2.45, 2.75) is 13.8 Å². The van der Waals surface area contributed by atoms with E-state index in [1.54, 1.807) is 37.4 Å². The number of carbonyl (C=O) groups excluding carboxylic acids is 2. The van der Waals surface area contributed by atoms with Gasteiger partial charge in [-0.25, -0.2) is 0 Å². The number of methoxy groups -OCH3 is 1. The van der Waals surface area contributed by atoms with Crippen LogP contribution in [0.3, 0.4) is 0 Å². The minimum Gasteiger partial charge on any atom is -0.497 e. The third-order valence-electron chi connectivity index (χ3n) is 4.98. The van der Waals surface area contributed by atoms with Crippen LogP contribution in [0.5, 0.6) is 5.75 Å². The molecule has 0 saturated carbocycles. The zero-order chi connectivity index (χ0) is 21.0. The molecule has 0 aliphatic carbocycles. The lowest BCUT2D eigenvalue weighted by molar-refractivity contribution is -0.134. The summed E-state index contributed by atoms with van der Waals surface area (Å²) >= 11 is 6.19. The van der Waals surface area contributed by atoms with Crippen molar-refractivity contribution in [2.24, 2.45) is 5.92 Å². The number of nitrogens with zero attached hydrogens (tertiary/aromatic N) is 2. The number of ether oxygens (including phenoxy) is 1. The summed E-state index contributed by atoms with van der Waals surface area (Å²) in [7, 11) is 1.59. The third kappa shape index (κ3) is 5.01. The van der Waals surface area contributed by atoms with Crippen LogP contribution in [0, 0.1) is 5.92 Å². The van der Waals surface area contributed by atoms with E-state index in [1.165, 1.54) is 0 Å². The van der Waals surface area contributed by atoms with Crippen molar-refractivity contribution in [3.8, 4) is 5.75 Å². The number of carbonyl (C=O) groups is 2. The van der Waals surface area contributed by atoms with Crippen molar-refractivity contribution in [3.63, 3.8) is 0 Å². The van der Waals surface area contributed by atoms with E-state index in [1.807, 2.05) is 30.9 Å². The van der Waals surface area contributed by atoms with Crippen LogP contribution < -0.4 is 15.0 Å². The standard InChI is InChI=1S/C22H26ClN3O3/c1-15(2)22(28)26-12-10-25(11-13-26)20-9-6-17(23)14-19(20)24-21(27)16-4-7-18(29-3)8-5-16/h4-9,14-15H,10-13H2,1-3H3,(H,24,27). The molecule has 2 amide bonds. The Morgan fingerprint density at radius 2 is 1.69 bits per heavy atom. The van der Waals surface area contributed by atoms with Gasteiger partial charge in [0, 0.05) is 42.7 Å². The Labute approximate surface area is 176 Å². The first-order valence-electron chi connectivity index (χ1n) is 9.67. The summed E-state index contributed by atoms with van der Waals surface area (Å²) in [6.07, 6.45) is 0. The largest absolute Gasteiger partial charge is 0.497 e. The minimum absolute atomic E-state index is 0.00331. The zero-order valence-corrected chi connectivity index (χ0v) is 17.7. The van der Waals surface area contributed by atoms with Gasteiger partial charge in [-0.05, 0) is 42.5 Å². The average Bonchev–Trinajstić information content (AvgIpc) is 2.73. The van der Waals surface area contributed by atoms with Crippen LogP contribution in [-0.2, 0) is 4.79 Å². The molecular formula is C22H26ClN3O3. The molecule has 0 bridgehead atoms. The van der Waals surface area contributed by atoms with E-state index in [9.17, 15) is 9.59 Å². The number of benzene rings is 2. The van der Waals surface area contributed by atoms with Crippen LogP contribution in [0.15, 0.2) is 42.5 Å². The molecule has 2 aromatic rings. The van der Waals surface area contributed by atoms with Crippen LogP contribution in [0.1, 0.15) is 24.2 Å². The number of hydrogen-bond acceptors (Lipinski definition) is 4. The monoisotopic (exact) mass is 415 g/mol. The molecule has 0 radical (unpaired) electrons. The molecule has 0 spiro atoms. The molecule has 6 nitrogen and oxygen atoms in total. The Morgan fingerprint density at radius 1 is 1.03 bits per heavy atom. The summed E-state index contributed by atoms with van der Waals surface area (Å²) in [4.78, 5) is 29.0. The summed E-state index contributed by atoms with van der Waals surface area (Å²) in [5.41, 5.74) is 2.08. The van der Waals surface area contributed by atoms with Gasteiger partial charge in [-0.3, -0.25) is 9.59 Å². The number of anilines is 2. The highest BCUT2D eigenvalue weighted by molar-refractivity contribution is 6.31. The van der Waals surface area contributed by atoms with Gasteiger partial charge in [-0.2, -0.15) is 0 Å². The highest BCUT2D eigenvalue weighted by Crippen LogP contribution is 2.30. The summed E-state index contributed by atoms with van der Waals surface area (Å²) in [5, 5.41) is 3.52. The second kappa shape index (κ2) is 9.18. The fraction of sp³-hybridized carbons (Fsp3) is 0.364. The van der Waals surface area contributed by atoms with Crippen molar-refractivity contribution in [1.82, 2.24) is 4.90 Å². The Balaban J connectivity index is 1.74. The lowest BCUT2D eigenvalue weighted by Gasteiger charge is -2.37. The average molecular weight is 416 g/mol. The molecule has 29 heavy (non-hydrogen) atoms. The van der Waals surface area contributed by atoms with Gasteiger partial charge >= 0.3 is 0 Å². The van der Waals surface area contributed by atoms with E-state index in [-0.39, 0.29) is 17.7 Å². The van der Waals surface area contributed by atoms with Gasteiger partial charge in [0.2, 0.25) is 5.91 Å². The maximum Gasteiger partial charge on any atom is 0.255 e. The summed E-state index contributed by atoms with van der Waals surface area (Å²) in [6.45, 7) is 6.55. The smallest absolute Gasteiger partial charge is 0.255 e. The van der Waals surface area contributed by atoms with E-state index < -0.39 is 0 Å². The normalized spacial score (nSPS) is 14.1. The molecule has 1 heterocycles. The van der Waals surface area contributed by atoms with E-state index >= 15 is 0 Å². The fourth-order valence-electron chi connectivity index (χ4n) is 3.35. The van der Waals surface area contributed by atoms with Crippen LogP contribution in [0.4, 0.5) is 11.4 Å². The van der Waals surface area contributed by atoms with E-state index in [0.29, 0.717) is 48.2 Å². The molecule has 0 atom stereocenters. The van der Waals surface area contributed by atoms with E-state index in [4.69, 9.17) is 16.3 Å². The van der Waals surface area contributed by atoms with Crippen molar-refractivity contribution >= 4 is 34.8 Å². The maximum atomic E-state index is 12.7. The maximum absolute atomic E-state index is 12.7.